The highest BCUT2D eigenvalue weighted by molar-refractivity contribution is 9.10. The van der Waals surface area contributed by atoms with Crippen molar-refractivity contribution in [2.75, 3.05) is 0 Å². The van der Waals surface area contributed by atoms with Gasteiger partial charge >= 0.3 is 0 Å². The average molecular weight is 376 g/mol. The lowest BCUT2D eigenvalue weighted by atomic mass is 9.77. The first kappa shape index (κ1) is 17.0. The predicted molar refractivity (Wildman–Crippen MR) is 88.4 cm³/mol. The molecule has 1 aliphatic carbocycles. The largest absolute Gasteiger partial charge is 0.294 e. The number of hydrogen-bond acceptors (Lipinski definition) is 1. The van der Waals surface area contributed by atoms with Crippen LogP contribution in [-0.4, -0.2) is 5.78 Å². The van der Waals surface area contributed by atoms with Gasteiger partial charge in [0.15, 0.2) is 11.6 Å². The number of rotatable bonds is 5. The van der Waals surface area contributed by atoms with Gasteiger partial charge in [-0.2, -0.15) is 0 Å². The smallest absolute Gasteiger partial charge is 0.168 e. The Bertz CT molecular complexity index is 510. The third-order valence-electron chi connectivity index (χ3n) is 4.48. The van der Waals surface area contributed by atoms with E-state index in [1.807, 2.05) is 0 Å². The predicted octanol–water partition coefficient (Wildman–Crippen LogP) is 6.42. The highest BCUT2D eigenvalue weighted by Crippen LogP contribution is 2.35. The van der Waals surface area contributed by atoms with Crippen LogP contribution in [0.3, 0.4) is 0 Å². The fourth-order valence-electron chi connectivity index (χ4n) is 3.14. The quantitative estimate of drug-likeness (QED) is 0.428. The molecule has 0 unspecified atom stereocenters. The van der Waals surface area contributed by atoms with Gasteiger partial charge in [0.1, 0.15) is 0 Å². The van der Waals surface area contributed by atoms with Crippen LogP contribution in [-0.2, 0) is 0 Å². The Kier molecular flexibility index (Phi) is 6.24. The molecule has 1 aromatic carbocycles. The highest BCUT2D eigenvalue weighted by atomic mass is 79.9. The summed E-state index contributed by atoms with van der Waals surface area (Å²) in [6.45, 7) is 2.20. The average Bonchev–Trinajstić information content (AvgIpc) is 2.51. The number of carbonyl (C=O) groups is 1. The van der Waals surface area contributed by atoms with Crippen LogP contribution in [0, 0.1) is 17.7 Å². The Morgan fingerprint density at radius 3 is 2.62 bits per heavy atom. The number of carbonyl (C=O) groups excluding carboxylic acids is 1. The molecule has 1 aliphatic rings. The third-order valence-corrected chi connectivity index (χ3v) is 5.74. The van der Waals surface area contributed by atoms with Crippen LogP contribution in [0.4, 0.5) is 4.39 Å². The van der Waals surface area contributed by atoms with Gasteiger partial charge in [-0.15, -0.1) is 0 Å². The molecule has 1 aromatic rings. The molecule has 1 nitrogen and oxygen atoms in total. The van der Waals surface area contributed by atoms with E-state index in [1.165, 1.54) is 25.3 Å². The molecule has 0 aromatic heterocycles. The van der Waals surface area contributed by atoms with E-state index in [0.29, 0.717) is 4.47 Å². The molecule has 0 amide bonds. The maximum atomic E-state index is 14.1. The van der Waals surface area contributed by atoms with Crippen molar-refractivity contribution in [3.05, 3.63) is 33.0 Å². The van der Waals surface area contributed by atoms with Crippen molar-refractivity contribution in [3.63, 3.8) is 0 Å². The Hall–Kier alpha value is -0.410. The first-order valence-electron chi connectivity index (χ1n) is 7.72. The number of halogens is 3. The van der Waals surface area contributed by atoms with Gasteiger partial charge in [0.25, 0.3) is 0 Å². The van der Waals surface area contributed by atoms with Crippen molar-refractivity contribution in [1.29, 1.82) is 0 Å². The second-order valence-corrected chi connectivity index (χ2v) is 7.18. The zero-order valence-corrected chi connectivity index (χ0v) is 14.6. The number of unbranched alkanes of at least 4 members (excludes halogenated alkanes) is 1. The topological polar surface area (TPSA) is 17.1 Å². The molecule has 21 heavy (non-hydrogen) atoms. The normalized spacial score (nSPS) is 22.3. The van der Waals surface area contributed by atoms with Crippen molar-refractivity contribution in [3.8, 4) is 0 Å². The van der Waals surface area contributed by atoms with Crippen LogP contribution >= 0.6 is 27.5 Å². The molecule has 0 radical (unpaired) electrons. The Morgan fingerprint density at radius 2 is 2.00 bits per heavy atom. The third kappa shape index (κ3) is 4.07. The van der Waals surface area contributed by atoms with Gasteiger partial charge in [0.05, 0.1) is 10.6 Å². The SMILES string of the molecule is CCCCC1CCC(C(=O)c2ccc(Br)c(Cl)c2F)CC1. The maximum absolute atomic E-state index is 14.1. The molecule has 0 N–H and O–H groups in total. The molecule has 1 fully saturated rings. The summed E-state index contributed by atoms with van der Waals surface area (Å²) in [5, 5.41) is -0.00233. The lowest BCUT2D eigenvalue weighted by Gasteiger charge is -2.27. The van der Waals surface area contributed by atoms with Crippen LogP contribution < -0.4 is 0 Å². The first-order chi connectivity index (χ1) is 10.0. The zero-order chi connectivity index (χ0) is 15.4. The van der Waals surface area contributed by atoms with Gasteiger partial charge in [0, 0.05) is 10.4 Å². The molecule has 4 heteroatoms. The van der Waals surface area contributed by atoms with Gasteiger partial charge in [-0.25, -0.2) is 4.39 Å². The molecule has 0 saturated heterocycles. The molecular formula is C17H21BrClFO. The molecule has 116 valence electrons. The van der Waals surface area contributed by atoms with Crippen molar-refractivity contribution in [2.45, 2.75) is 51.9 Å². The number of ketones is 1. The van der Waals surface area contributed by atoms with Gasteiger partial charge < -0.3 is 0 Å². The van der Waals surface area contributed by atoms with Crippen molar-refractivity contribution >= 4 is 33.3 Å². The zero-order valence-electron chi connectivity index (χ0n) is 12.3. The van der Waals surface area contributed by atoms with E-state index in [1.54, 1.807) is 6.07 Å². The minimum Gasteiger partial charge on any atom is -0.294 e. The van der Waals surface area contributed by atoms with Gasteiger partial charge in [-0.1, -0.05) is 37.8 Å². The van der Waals surface area contributed by atoms with E-state index in [9.17, 15) is 9.18 Å². The minimum absolute atomic E-state index is 0.00233. The second kappa shape index (κ2) is 7.73. The summed E-state index contributed by atoms with van der Waals surface area (Å²) in [7, 11) is 0. The lowest BCUT2D eigenvalue weighted by Crippen LogP contribution is -2.23. The van der Waals surface area contributed by atoms with Gasteiger partial charge in [0.2, 0.25) is 0 Å². The fraction of sp³-hybridized carbons (Fsp3) is 0.588. The van der Waals surface area contributed by atoms with E-state index >= 15 is 0 Å². The van der Waals surface area contributed by atoms with Crippen LogP contribution in [0.1, 0.15) is 62.2 Å². The van der Waals surface area contributed by atoms with E-state index in [0.717, 1.165) is 31.6 Å². The summed E-state index contributed by atoms with van der Waals surface area (Å²) >= 11 is 9.05. The fourth-order valence-corrected chi connectivity index (χ4v) is 3.61. The van der Waals surface area contributed by atoms with Crippen molar-refractivity contribution in [1.82, 2.24) is 0 Å². The number of Topliss-reactive ketones (excluding diaryl/α,β-unsaturated/α-hetero) is 1. The van der Waals surface area contributed by atoms with Crippen LogP contribution in [0.25, 0.3) is 0 Å². The standard InChI is InChI=1S/C17H21BrClFO/c1-2-3-4-11-5-7-12(8-6-11)17(21)13-9-10-14(18)15(19)16(13)20/h9-12H,2-8H2,1H3. The summed E-state index contributed by atoms with van der Waals surface area (Å²) in [5.41, 5.74) is 0.139. The molecule has 1 saturated carbocycles. The maximum Gasteiger partial charge on any atom is 0.168 e. The summed E-state index contributed by atoms with van der Waals surface area (Å²) in [6.07, 6.45) is 7.67. The van der Waals surface area contributed by atoms with E-state index in [4.69, 9.17) is 11.6 Å². The molecule has 0 bridgehead atoms. The molecule has 2 rings (SSSR count). The van der Waals surface area contributed by atoms with E-state index < -0.39 is 5.82 Å². The summed E-state index contributed by atoms with van der Waals surface area (Å²) in [4.78, 5) is 12.5. The van der Waals surface area contributed by atoms with Crippen molar-refractivity contribution < 1.29 is 9.18 Å². The van der Waals surface area contributed by atoms with Crippen LogP contribution in [0.5, 0.6) is 0 Å². The molecule has 0 spiro atoms. The second-order valence-electron chi connectivity index (χ2n) is 5.95. The Balaban J connectivity index is 2.01. The molecule has 0 aliphatic heterocycles. The highest BCUT2D eigenvalue weighted by Gasteiger charge is 2.29. The minimum atomic E-state index is -0.593. The number of benzene rings is 1. The lowest BCUT2D eigenvalue weighted by molar-refractivity contribution is 0.0865. The molecular weight excluding hydrogens is 355 g/mol. The van der Waals surface area contributed by atoms with Crippen LogP contribution in [0.15, 0.2) is 16.6 Å². The number of hydrogen-bond donors (Lipinski definition) is 0. The van der Waals surface area contributed by atoms with Gasteiger partial charge in [-0.3, -0.25) is 4.79 Å². The molecule has 0 atom stereocenters. The summed E-state index contributed by atoms with van der Waals surface area (Å²) in [6, 6.07) is 3.18. The van der Waals surface area contributed by atoms with E-state index in [-0.39, 0.29) is 22.3 Å². The summed E-state index contributed by atoms with van der Waals surface area (Å²) < 4.78 is 14.6. The van der Waals surface area contributed by atoms with E-state index in [2.05, 4.69) is 22.9 Å². The van der Waals surface area contributed by atoms with Crippen LogP contribution in [0.2, 0.25) is 5.02 Å². The van der Waals surface area contributed by atoms with Gasteiger partial charge in [-0.05, 0) is 59.7 Å². The Morgan fingerprint density at radius 1 is 1.33 bits per heavy atom. The monoisotopic (exact) mass is 374 g/mol. The Labute approximate surface area is 139 Å². The summed E-state index contributed by atoms with van der Waals surface area (Å²) in [5.74, 6) is 0.0157. The molecule has 0 heterocycles. The first-order valence-corrected chi connectivity index (χ1v) is 8.89. The van der Waals surface area contributed by atoms with Crippen molar-refractivity contribution in [2.24, 2.45) is 11.8 Å².